The van der Waals surface area contributed by atoms with Gasteiger partial charge in [0, 0.05) is 12.2 Å². The van der Waals surface area contributed by atoms with Crippen LogP contribution in [0, 0.1) is 5.41 Å². The van der Waals surface area contributed by atoms with Gasteiger partial charge in [-0.2, -0.15) is 5.10 Å². The molecule has 0 spiro atoms. The van der Waals surface area contributed by atoms with Crippen molar-refractivity contribution in [3.63, 3.8) is 0 Å². The molecule has 66 valence electrons. The monoisotopic (exact) mass is 167 g/mol. The van der Waals surface area contributed by atoms with Crippen LogP contribution in [0.3, 0.4) is 0 Å². The molecule has 1 rings (SSSR count). The van der Waals surface area contributed by atoms with Gasteiger partial charge < -0.3 is 4.74 Å². The maximum atomic E-state index is 7.45. The lowest BCUT2D eigenvalue weighted by Gasteiger charge is -2.10. The number of ether oxygens (including phenoxy) is 1. The van der Waals surface area contributed by atoms with Crippen LogP contribution < -0.4 is 0 Å². The van der Waals surface area contributed by atoms with Crippen LogP contribution >= 0.6 is 0 Å². The molecule has 0 aliphatic rings. The fourth-order valence-corrected chi connectivity index (χ4v) is 1.01. The molecule has 0 atom stereocenters. The summed E-state index contributed by atoms with van der Waals surface area (Å²) in [6.45, 7) is 4.03. The van der Waals surface area contributed by atoms with Crippen LogP contribution in [0.1, 0.15) is 25.6 Å². The summed E-state index contributed by atoms with van der Waals surface area (Å²) in [4.78, 5) is 0. The Morgan fingerprint density at radius 2 is 2.33 bits per heavy atom. The summed E-state index contributed by atoms with van der Waals surface area (Å²) in [6.07, 6.45) is 1.67. The molecule has 0 amide bonds. The highest BCUT2D eigenvalue weighted by Crippen LogP contribution is 2.08. The van der Waals surface area contributed by atoms with E-state index in [9.17, 15) is 0 Å². The van der Waals surface area contributed by atoms with Gasteiger partial charge in [-0.15, -0.1) is 0 Å². The molecule has 4 nitrogen and oxygen atoms in total. The van der Waals surface area contributed by atoms with E-state index in [0.29, 0.717) is 5.69 Å². The summed E-state index contributed by atoms with van der Waals surface area (Å²) in [7, 11) is 1.49. The van der Waals surface area contributed by atoms with Gasteiger partial charge in [0.05, 0.1) is 7.11 Å². The van der Waals surface area contributed by atoms with E-state index in [4.69, 9.17) is 10.1 Å². The Hall–Kier alpha value is -1.32. The Balaban J connectivity index is 2.99. The Morgan fingerprint density at radius 1 is 1.67 bits per heavy atom. The van der Waals surface area contributed by atoms with Crippen LogP contribution in [-0.4, -0.2) is 22.8 Å². The molecule has 1 heterocycles. The Labute approximate surface area is 71.7 Å². The Bertz CT molecular complexity index is 278. The first-order valence-electron chi connectivity index (χ1n) is 3.83. The minimum atomic E-state index is 0.154. The van der Waals surface area contributed by atoms with Crippen LogP contribution in [-0.2, 0) is 4.74 Å². The lowest BCUT2D eigenvalue weighted by atomic mass is 10.3. The van der Waals surface area contributed by atoms with Crippen LogP contribution in [0.15, 0.2) is 12.3 Å². The lowest BCUT2D eigenvalue weighted by molar-refractivity contribution is 0.392. The zero-order valence-electron chi connectivity index (χ0n) is 7.53. The van der Waals surface area contributed by atoms with Gasteiger partial charge in [-0.3, -0.25) is 10.1 Å². The van der Waals surface area contributed by atoms with Crippen molar-refractivity contribution in [1.29, 1.82) is 5.41 Å². The molecule has 0 unspecified atom stereocenters. The van der Waals surface area contributed by atoms with Gasteiger partial charge in [-0.1, -0.05) is 0 Å². The fourth-order valence-electron chi connectivity index (χ4n) is 1.01. The van der Waals surface area contributed by atoms with E-state index < -0.39 is 0 Å². The van der Waals surface area contributed by atoms with E-state index in [-0.39, 0.29) is 11.9 Å². The highest BCUT2D eigenvalue weighted by Gasteiger charge is 2.09. The molecule has 0 fully saturated rings. The first kappa shape index (κ1) is 8.77. The molecule has 4 heteroatoms. The summed E-state index contributed by atoms with van der Waals surface area (Å²) in [6, 6.07) is 2.02. The fraction of sp³-hybridized carbons (Fsp3) is 0.500. The average molecular weight is 167 g/mol. The summed E-state index contributed by atoms with van der Waals surface area (Å²) >= 11 is 0. The zero-order chi connectivity index (χ0) is 9.14. The third-order valence-corrected chi connectivity index (χ3v) is 1.60. The number of methoxy groups -OCH3 is 1. The van der Waals surface area contributed by atoms with Crippen molar-refractivity contribution in [2.45, 2.75) is 19.9 Å². The zero-order valence-corrected chi connectivity index (χ0v) is 7.53. The molecule has 0 radical (unpaired) electrons. The second kappa shape index (κ2) is 3.38. The number of aromatic nitrogens is 2. The normalized spacial score (nSPS) is 10.3. The van der Waals surface area contributed by atoms with Crippen LogP contribution in [0.2, 0.25) is 0 Å². The van der Waals surface area contributed by atoms with Gasteiger partial charge in [-0.25, -0.2) is 0 Å². The van der Waals surface area contributed by atoms with E-state index in [2.05, 4.69) is 5.10 Å². The van der Waals surface area contributed by atoms with Crippen molar-refractivity contribution in [3.05, 3.63) is 18.0 Å². The Morgan fingerprint density at radius 3 is 2.83 bits per heavy atom. The second-order valence-corrected chi connectivity index (χ2v) is 2.79. The SMILES string of the molecule is COC(=N)c1ccnn1C(C)C. The number of hydrogen-bond acceptors (Lipinski definition) is 3. The van der Waals surface area contributed by atoms with Crippen molar-refractivity contribution in [2.24, 2.45) is 0 Å². The predicted molar refractivity (Wildman–Crippen MR) is 46.4 cm³/mol. The highest BCUT2D eigenvalue weighted by molar-refractivity contribution is 5.89. The third kappa shape index (κ3) is 1.47. The molecule has 0 aromatic carbocycles. The molecule has 1 aromatic rings. The van der Waals surface area contributed by atoms with Gasteiger partial charge in [0.25, 0.3) is 0 Å². The molecule has 12 heavy (non-hydrogen) atoms. The molecule has 1 aromatic heterocycles. The summed E-state index contributed by atoms with van der Waals surface area (Å²) in [5.41, 5.74) is 0.715. The quantitative estimate of drug-likeness (QED) is 0.535. The van der Waals surface area contributed by atoms with Gasteiger partial charge >= 0.3 is 0 Å². The van der Waals surface area contributed by atoms with Gasteiger partial charge in [0.2, 0.25) is 5.90 Å². The Kier molecular flexibility index (Phi) is 2.47. The average Bonchev–Trinajstić information content (AvgIpc) is 2.50. The molecular formula is C8H13N3O. The molecule has 0 aliphatic carbocycles. The second-order valence-electron chi connectivity index (χ2n) is 2.79. The topological polar surface area (TPSA) is 50.9 Å². The standard InChI is InChI=1S/C8H13N3O/c1-6(2)11-7(4-5-10-11)8(9)12-3/h4-6,9H,1-3H3. The van der Waals surface area contributed by atoms with Crippen LogP contribution in [0.5, 0.6) is 0 Å². The molecule has 0 aliphatic heterocycles. The van der Waals surface area contributed by atoms with Gasteiger partial charge in [0.15, 0.2) is 0 Å². The summed E-state index contributed by atoms with van der Waals surface area (Å²) in [5.74, 6) is 0.154. The summed E-state index contributed by atoms with van der Waals surface area (Å²) < 4.78 is 6.56. The summed E-state index contributed by atoms with van der Waals surface area (Å²) in [5, 5.41) is 11.5. The molecule has 1 N–H and O–H groups in total. The van der Waals surface area contributed by atoms with Crippen LogP contribution in [0.25, 0.3) is 0 Å². The van der Waals surface area contributed by atoms with E-state index in [1.165, 1.54) is 7.11 Å². The van der Waals surface area contributed by atoms with Crippen molar-refractivity contribution in [1.82, 2.24) is 9.78 Å². The third-order valence-electron chi connectivity index (χ3n) is 1.60. The maximum absolute atomic E-state index is 7.45. The molecule has 0 bridgehead atoms. The number of nitrogens with zero attached hydrogens (tertiary/aromatic N) is 2. The van der Waals surface area contributed by atoms with Crippen LogP contribution in [0.4, 0.5) is 0 Å². The van der Waals surface area contributed by atoms with Crippen molar-refractivity contribution in [3.8, 4) is 0 Å². The smallest absolute Gasteiger partial charge is 0.231 e. The molecule has 0 saturated heterocycles. The number of rotatable bonds is 2. The van der Waals surface area contributed by atoms with Crippen molar-refractivity contribution in [2.75, 3.05) is 7.11 Å². The predicted octanol–water partition coefficient (Wildman–Crippen LogP) is 1.44. The first-order valence-corrected chi connectivity index (χ1v) is 3.83. The molecular weight excluding hydrogens is 154 g/mol. The minimum Gasteiger partial charge on any atom is -0.480 e. The van der Waals surface area contributed by atoms with Crippen molar-refractivity contribution < 1.29 is 4.74 Å². The highest BCUT2D eigenvalue weighted by atomic mass is 16.5. The first-order chi connectivity index (χ1) is 5.66. The number of nitrogens with one attached hydrogen (secondary N) is 1. The van der Waals surface area contributed by atoms with E-state index in [0.717, 1.165) is 0 Å². The maximum Gasteiger partial charge on any atom is 0.231 e. The van der Waals surface area contributed by atoms with Crippen molar-refractivity contribution >= 4 is 5.90 Å². The minimum absolute atomic E-state index is 0.154. The van der Waals surface area contributed by atoms with Gasteiger partial charge in [-0.05, 0) is 19.9 Å². The molecule has 0 saturated carbocycles. The van der Waals surface area contributed by atoms with E-state index in [1.807, 2.05) is 13.8 Å². The largest absolute Gasteiger partial charge is 0.480 e. The number of hydrogen-bond donors (Lipinski definition) is 1. The lowest BCUT2D eigenvalue weighted by Crippen LogP contribution is -2.13. The van der Waals surface area contributed by atoms with Gasteiger partial charge in [0.1, 0.15) is 5.69 Å². The van der Waals surface area contributed by atoms with E-state index in [1.54, 1.807) is 16.9 Å². The van der Waals surface area contributed by atoms with E-state index >= 15 is 0 Å².